The molecule has 1 saturated heterocycles. The molecule has 2 N–H and O–H groups in total. The van der Waals surface area contributed by atoms with Gasteiger partial charge in [0.2, 0.25) is 0 Å². The van der Waals surface area contributed by atoms with E-state index < -0.39 is 11.4 Å². The Balaban J connectivity index is 1.03. The van der Waals surface area contributed by atoms with Crippen LogP contribution in [-0.4, -0.2) is 51.8 Å². The van der Waals surface area contributed by atoms with Gasteiger partial charge in [-0.05, 0) is 92.0 Å². The van der Waals surface area contributed by atoms with E-state index in [1.807, 2.05) is 6.20 Å². The number of carbonyl (C=O) groups is 1. The van der Waals surface area contributed by atoms with E-state index in [4.69, 9.17) is 14.7 Å². The number of benzene rings is 1. The molecule has 4 fully saturated rings. The lowest BCUT2D eigenvalue weighted by Gasteiger charge is -2.51. The zero-order valence-electron chi connectivity index (χ0n) is 22.9. The Morgan fingerprint density at radius 1 is 1.08 bits per heavy atom. The van der Waals surface area contributed by atoms with Gasteiger partial charge in [0.25, 0.3) is 0 Å². The van der Waals surface area contributed by atoms with Crippen molar-refractivity contribution in [3.8, 4) is 11.4 Å². The van der Waals surface area contributed by atoms with Crippen LogP contribution in [0.1, 0.15) is 77.7 Å². The average Bonchev–Trinajstić information content (AvgIpc) is 3.37. The van der Waals surface area contributed by atoms with Crippen LogP contribution in [0.3, 0.4) is 0 Å². The Morgan fingerprint density at radius 3 is 2.39 bits per heavy atom. The van der Waals surface area contributed by atoms with Gasteiger partial charge in [0.1, 0.15) is 11.6 Å². The highest BCUT2D eigenvalue weighted by Gasteiger charge is 2.52. The van der Waals surface area contributed by atoms with Gasteiger partial charge in [0.05, 0.1) is 29.2 Å². The van der Waals surface area contributed by atoms with Crippen molar-refractivity contribution >= 4 is 22.8 Å². The van der Waals surface area contributed by atoms with E-state index in [0.29, 0.717) is 0 Å². The summed E-state index contributed by atoms with van der Waals surface area (Å²) in [6.07, 6.45) is 9.64. The summed E-state index contributed by atoms with van der Waals surface area (Å²) in [6.45, 7) is 9.33. The predicted molar refractivity (Wildman–Crippen MR) is 149 cm³/mol. The van der Waals surface area contributed by atoms with Crippen molar-refractivity contribution in [2.75, 3.05) is 24.6 Å². The first-order valence-corrected chi connectivity index (χ1v) is 14.2. The fourth-order valence-electron chi connectivity index (χ4n) is 6.67. The van der Waals surface area contributed by atoms with Crippen LogP contribution in [-0.2, 0) is 14.9 Å². The third-order valence-electron chi connectivity index (χ3n) is 9.62. The molecule has 1 aromatic carbocycles. The lowest BCUT2D eigenvalue weighted by atomic mass is 9.54. The summed E-state index contributed by atoms with van der Waals surface area (Å²) in [5.41, 5.74) is 4.17. The van der Waals surface area contributed by atoms with Crippen LogP contribution in [0.25, 0.3) is 22.4 Å². The average molecular weight is 517 g/mol. The zero-order chi connectivity index (χ0) is 26.5. The second-order valence-corrected chi connectivity index (χ2v) is 13.1. The number of carboxylic acid groups (broad SMARTS) is 1. The van der Waals surface area contributed by atoms with Crippen LogP contribution in [0, 0.1) is 10.8 Å². The van der Waals surface area contributed by atoms with E-state index in [0.717, 1.165) is 99.3 Å². The number of rotatable bonds is 6. The van der Waals surface area contributed by atoms with Crippen LogP contribution >= 0.6 is 0 Å². The Labute approximate surface area is 225 Å². The second-order valence-electron chi connectivity index (χ2n) is 13.1. The molecule has 7 nitrogen and oxygen atoms in total. The monoisotopic (exact) mass is 516 g/mol. The van der Waals surface area contributed by atoms with Gasteiger partial charge < -0.3 is 19.7 Å². The first-order valence-electron chi connectivity index (χ1n) is 14.2. The van der Waals surface area contributed by atoms with E-state index in [-0.39, 0.29) is 16.9 Å². The molecule has 3 heterocycles. The molecule has 1 aliphatic heterocycles. The SMILES string of the molecule is CC(C)(C)c1ccc2nc(-c3ccc(N4CCC(OCC56CCC(C(=O)O)(CC5)CC6)CC4)nc3)[nH]c2c1. The third-order valence-corrected chi connectivity index (χ3v) is 9.62. The number of hydrogen-bond donors (Lipinski definition) is 2. The van der Waals surface area contributed by atoms with Gasteiger partial charge in [0, 0.05) is 24.8 Å². The number of nitrogens with zero attached hydrogens (tertiary/aromatic N) is 3. The number of ether oxygens (including phenoxy) is 1. The summed E-state index contributed by atoms with van der Waals surface area (Å²) < 4.78 is 6.45. The minimum atomic E-state index is -0.590. The van der Waals surface area contributed by atoms with Crippen molar-refractivity contribution in [3.05, 3.63) is 42.1 Å². The number of aromatic nitrogens is 3. The van der Waals surface area contributed by atoms with Gasteiger partial charge in [-0.1, -0.05) is 26.8 Å². The lowest BCUT2D eigenvalue weighted by molar-refractivity contribution is -0.162. The summed E-state index contributed by atoms with van der Waals surface area (Å²) >= 11 is 0. The standard InChI is InChI=1S/C31H40N4O3/c1-29(2,3)22-5-6-24-25(18-22)34-27(33-24)21-4-7-26(32-19-21)35-16-8-23(9-17-35)38-20-30-10-13-31(14-11-30,15-12-30)28(36)37/h4-7,18-19,23H,8-17,20H2,1-3H3,(H,33,34)(H,36,37). The fourth-order valence-corrected chi connectivity index (χ4v) is 6.67. The number of aliphatic carboxylic acids is 1. The Morgan fingerprint density at radius 2 is 1.79 bits per heavy atom. The number of aromatic amines is 1. The largest absolute Gasteiger partial charge is 0.481 e. The molecule has 0 radical (unpaired) electrons. The van der Waals surface area contributed by atoms with Gasteiger partial charge in [-0.25, -0.2) is 9.97 Å². The van der Waals surface area contributed by atoms with Gasteiger partial charge in [-0.2, -0.15) is 0 Å². The number of pyridine rings is 1. The van der Waals surface area contributed by atoms with Crippen LogP contribution < -0.4 is 4.90 Å². The molecule has 3 aromatic rings. The lowest BCUT2D eigenvalue weighted by Crippen LogP contribution is -2.48. The second kappa shape index (κ2) is 9.37. The molecule has 0 amide bonds. The molecule has 2 aromatic heterocycles. The maximum atomic E-state index is 11.7. The first kappa shape index (κ1) is 25.4. The maximum absolute atomic E-state index is 11.7. The molecule has 0 spiro atoms. The third kappa shape index (κ3) is 4.70. The van der Waals surface area contributed by atoms with Gasteiger partial charge >= 0.3 is 5.97 Å². The summed E-state index contributed by atoms with van der Waals surface area (Å²) in [4.78, 5) is 27.1. The number of carboxylic acids is 1. The molecular weight excluding hydrogens is 476 g/mol. The van der Waals surface area contributed by atoms with Crippen molar-refractivity contribution in [2.24, 2.45) is 10.8 Å². The van der Waals surface area contributed by atoms with Crippen molar-refractivity contribution in [2.45, 2.75) is 83.7 Å². The smallest absolute Gasteiger partial charge is 0.309 e. The van der Waals surface area contributed by atoms with E-state index in [1.165, 1.54) is 5.56 Å². The highest BCUT2D eigenvalue weighted by Crippen LogP contribution is 2.57. The molecule has 7 heteroatoms. The summed E-state index contributed by atoms with van der Waals surface area (Å²) in [5.74, 6) is 1.26. The number of imidazole rings is 1. The van der Waals surface area contributed by atoms with Crippen molar-refractivity contribution < 1.29 is 14.6 Å². The predicted octanol–water partition coefficient (Wildman–Crippen LogP) is 6.33. The highest BCUT2D eigenvalue weighted by atomic mass is 16.5. The Kier molecular flexibility index (Phi) is 6.25. The van der Waals surface area contributed by atoms with E-state index in [1.54, 1.807) is 0 Å². The normalized spacial score (nSPS) is 26.2. The van der Waals surface area contributed by atoms with E-state index in [9.17, 15) is 9.90 Å². The summed E-state index contributed by atoms with van der Waals surface area (Å²) in [6, 6.07) is 10.7. The number of hydrogen-bond acceptors (Lipinski definition) is 5. The summed E-state index contributed by atoms with van der Waals surface area (Å²) in [7, 11) is 0. The van der Waals surface area contributed by atoms with Crippen molar-refractivity contribution in [1.82, 2.24) is 15.0 Å². The molecule has 0 atom stereocenters. The van der Waals surface area contributed by atoms with Crippen LogP contribution in [0.15, 0.2) is 36.5 Å². The van der Waals surface area contributed by atoms with Crippen LogP contribution in [0.5, 0.6) is 0 Å². The molecular formula is C31H40N4O3. The van der Waals surface area contributed by atoms with E-state index in [2.05, 4.69) is 61.0 Å². The van der Waals surface area contributed by atoms with Crippen LogP contribution in [0.4, 0.5) is 5.82 Å². The van der Waals surface area contributed by atoms with Crippen molar-refractivity contribution in [3.63, 3.8) is 0 Å². The quantitative estimate of drug-likeness (QED) is 0.398. The van der Waals surface area contributed by atoms with E-state index >= 15 is 0 Å². The Hall–Kier alpha value is -2.93. The molecule has 202 valence electrons. The number of anilines is 1. The molecule has 38 heavy (non-hydrogen) atoms. The number of fused-ring (bicyclic) bond motifs is 4. The topological polar surface area (TPSA) is 91.3 Å². The summed E-state index contributed by atoms with van der Waals surface area (Å²) in [5, 5.41) is 9.64. The molecule has 4 aliphatic rings. The fraction of sp³-hybridized carbons (Fsp3) is 0.581. The van der Waals surface area contributed by atoms with Crippen LogP contribution in [0.2, 0.25) is 0 Å². The number of nitrogens with one attached hydrogen (secondary N) is 1. The molecule has 0 unspecified atom stereocenters. The molecule has 3 saturated carbocycles. The highest BCUT2D eigenvalue weighted by molar-refractivity contribution is 5.80. The minimum absolute atomic E-state index is 0.0989. The minimum Gasteiger partial charge on any atom is -0.481 e. The van der Waals surface area contributed by atoms with Gasteiger partial charge in [-0.15, -0.1) is 0 Å². The zero-order valence-corrected chi connectivity index (χ0v) is 22.9. The molecule has 3 aliphatic carbocycles. The first-order chi connectivity index (χ1) is 18.1. The van der Waals surface area contributed by atoms with Gasteiger partial charge in [0.15, 0.2) is 0 Å². The van der Waals surface area contributed by atoms with Gasteiger partial charge in [-0.3, -0.25) is 4.79 Å². The molecule has 7 rings (SSSR count). The Bertz CT molecular complexity index is 1290. The van der Waals surface area contributed by atoms with Crippen molar-refractivity contribution in [1.29, 1.82) is 0 Å². The number of piperidine rings is 1. The number of H-pyrrole nitrogens is 1. The maximum Gasteiger partial charge on any atom is 0.309 e. The molecule has 2 bridgehead atoms.